The van der Waals surface area contributed by atoms with E-state index in [0.717, 1.165) is 114 Å². The largest absolute Gasteiger partial charge is 0.508 e. The first-order chi connectivity index (χ1) is 29.9. The fraction of sp³-hybridized carbons (Fsp3) is 0.392. The minimum Gasteiger partial charge on any atom is -0.508 e. The summed E-state index contributed by atoms with van der Waals surface area (Å²) in [5, 5.41) is 32.2. The van der Waals surface area contributed by atoms with E-state index in [1.807, 2.05) is 25.1 Å². The number of aliphatic hydroxyl groups is 1. The SMILES string of the molecule is Cc1cc([C@H]2c3ccc(O)cc3CC[C@H]2c2ccccc2)c(F)cc1N1CCN(CC2(O)CCN(c3ccc(C4=N[C@@H](C)c5nnc(C)n5-c5sc(C)c(C)c54)cc3)CC2)CC1. The minimum atomic E-state index is -0.752. The van der Waals surface area contributed by atoms with Crippen LogP contribution in [0.15, 0.2) is 89.9 Å². The molecule has 2 N–H and O–H groups in total. The second-order valence-corrected chi connectivity index (χ2v) is 19.4. The third-order valence-electron chi connectivity index (χ3n) is 14.3. The van der Waals surface area contributed by atoms with Crippen LogP contribution in [0.4, 0.5) is 15.8 Å². The molecular weight excluding hydrogens is 794 g/mol. The number of aryl methyl sites for hydroxylation is 4. The Morgan fingerprint density at radius 3 is 2.31 bits per heavy atom. The minimum absolute atomic E-state index is 0.122. The summed E-state index contributed by atoms with van der Waals surface area (Å²) in [5.41, 5.74) is 11.1. The number of phenols is 1. The van der Waals surface area contributed by atoms with Gasteiger partial charge in [0.2, 0.25) is 0 Å². The number of nitrogens with zero attached hydrogens (tertiary/aromatic N) is 7. The molecule has 6 aromatic rings. The molecule has 0 bridgehead atoms. The Kier molecular flexibility index (Phi) is 10.6. The van der Waals surface area contributed by atoms with Crippen LogP contribution in [0, 0.1) is 33.5 Å². The summed E-state index contributed by atoms with van der Waals surface area (Å²) in [5.74, 6) is 1.84. The summed E-state index contributed by atoms with van der Waals surface area (Å²) >= 11 is 1.78. The monoisotopic (exact) mass is 849 g/mol. The molecule has 0 amide bonds. The molecule has 0 saturated carbocycles. The zero-order valence-corrected chi connectivity index (χ0v) is 37.2. The maximum atomic E-state index is 16.5. The number of phenolic OH excluding ortho intramolecular Hbond substituents is 1. The van der Waals surface area contributed by atoms with E-state index >= 15 is 4.39 Å². The van der Waals surface area contributed by atoms with Crippen LogP contribution in [0.3, 0.4) is 0 Å². The number of aromatic hydroxyl groups is 1. The number of rotatable bonds is 7. The predicted octanol–water partition coefficient (Wildman–Crippen LogP) is 9.33. The van der Waals surface area contributed by atoms with Gasteiger partial charge in [-0.2, -0.15) is 0 Å². The third-order valence-corrected chi connectivity index (χ3v) is 15.4. The molecule has 11 heteroatoms. The van der Waals surface area contributed by atoms with Gasteiger partial charge in [-0.1, -0.05) is 54.6 Å². The Morgan fingerprint density at radius 1 is 0.823 bits per heavy atom. The highest BCUT2D eigenvalue weighted by molar-refractivity contribution is 7.15. The Morgan fingerprint density at radius 2 is 1.56 bits per heavy atom. The van der Waals surface area contributed by atoms with Crippen LogP contribution in [-0.2, 0) is 6.42 Å². The van der Waals surface area contributed by atoms with Crippen LogP contribution in [0.5, 0.6) is 5.75 Å². The summed E-state index contributed by atoms with van der Waals surface area (Å²) in [6, 6.07) is 28.6. The second kappa shape index (κ2) is 16.1. The lowest BCUT2D eigenvalue weighted by Gasteiger charge is -2.44. The second-order valence-electron chi connectivity index (χ2n) is 18.2. The molecule has 2 fully saturated rings. The molecule has 0 spiro atoms. The zero-order valence-electron chi connectivity index (χ0n) is 36.4. The van der Waals surface area contributed by atoms with Crippen molar-refractivity contribution in [2.75, 3.05) is 55.6 Å². The predicted molar refractivity (Wildman–Crippen MR) is 248 cm³/mol. The molecule has 4 aliphatic rings. The highest BCUT2D eigenvalue weighted by Crippen LogP contribution is 2.48. The normalized spacial score (nSPS) is 21.2. The summed E-state index contributed by atoms with van der Waals surface area (Å²) in [6.45, 7) is 16.0. The van der Waals surface area contributed by atoms with Gasteiger partial charge in [0, 0.05) is 79.1 Å². The number of fused-ring (bicyclic) bond motifs is 4. The molecule has 62 heavy (non-hydrogen) atoms. The molecule has 9 nitrogen and oxygen atoms in total. The van der Waals surface area contributed by atoms with E-state index in [0.29, 0.717) is 19.4 Å². The van der Waals surface area contributed by atoms with Gasteiger partial charge in [0.1, 0.15) is 28.4 Å². The van der Waals surface area contributed by atoms with E-state index < -0.39 is 5.60 Å². The number of hydrogen-bond donors (Lipinski definition) is 2. The molecule has 3 aliphatic heterocycles. The summed E-state index contributed by atoms with van der Waals surface area (Å²) in [7, 11) is 0. The molecule has 5 heterocycles. The Hall–Kier alpha value is -5.36. The highest BCUT2D eigenvalue weighted by Gasteiger charge is 2.37. The third kappa shape index (κ3) is 7.31. The average molecular weight is 850 g/mol. The van der Waals surface area contributed by atoms with Gasteiger partial charge in [0.25, 0.3) is 0 Å². The number of piperidine rings is 1. The zero-order chi connectivity index (χ0) is 42.9. The fourth-order valence-electron chi connectivity index (χ4n) is 10.7. The van der Waals surface area contributed by atoms with Gasteiger partial charge >= 0.3 is 0 Å². The van der Waals surface area contributed by atoms with Crippen LogP contribution in [0.25, 0.3) is 5.00 Å². The highest BCUT2D eigenvalue weighted by atomic mass is 32.1. The van der Waals surface area contributed by atoms with Gasteiger partial charge in [-0.05, 0) is 130 Å². The van der Waals surface area contributed by atoms with Crippen LogP contribution < -0.4 is 9.80 Å². The summed E-state index contributed by atoms with van der Waals surface area (Å²) < 4.78 is 18.7. The van der Waals surface area contributed by atoms with Gasteiger partial charge in [-0.3, -0.25) is 14.5 Å². The lowest BCUT2D eigenvalue weighted by molar-refractivity contribution is -0.0173. The number of anilines is 2. The fourth-order valence-corrected chi connectivity index (χ4v) is 11.9. The maximum Gasteiger partial charge on any atom is 0.162 e. The van der Waals surface area contributed by atoms with Gasteiger partial charge in [-0.25, -0.2) is 4.39 Å². The summed E-state index contributed by atoms with van der Waals surface area (Å²) in [4.78, 5) is 13.6. The molecule has 320 valence electrons. The maximum absolute atomic E-state index is 16.5. The Balaban J connectivity index is 0.782. The number of halogens is 1. The van der Waals surface area contributed by atoms with Gasteiger partial charge in [0.15, 0.2) is 5.82 Å². The molecule has 1 aliphatic carbocycles. The van der Waals surface area contributed by atoms with E-state index in [-0.39, 0.29) is 29.4 Å². The Labute approximate surface area is 368 Å². The van der Waals surface area contributed by atoms with Crippen molar-refractivity contribution in [2.45, 2.75) is 83.8 Å². The quantitative estimate of drug-likeness (QED) is 0.166. The van der Waals surface area contributed by atoms with Crippen LogP contribution in [0.2, 0.25) is 0 Å². The van der Waals surface area contributed by atoms with E-state index in [1.54, 1.807) is 23.5 Å². The first kappa shape index (κ1) is 40.7. The Bertz CT molecular complexity index is 2660. The number of piperazine rings is 1. The van der Waals surface area contributed by atoms with E-state index in [1.165, 1.54) is 21.6 Å². The first-order valence-electron chi connectivity index (χ1n) is 22.3. The van der Waals surface area contributed by atoms with Crippen molar-refractivity contribution in [3.63, 3.8) is 0 Å². The van der Waals surface area contributed by atoms with Gasteiger partial charge in [-0.15, -0.1) is 21.5 Å². The molecule has 0 radical (unpaired) electrons. The number of thiophene rings is 1. The van der Waals surface area contributed by atoms with Crippen molar-refractivity contribution >= 4 is 28.4 Å². The van der Waals surface area contributed by atoms with Gasteiger partial charge in [0.05, 0.1) is 11.3 Å². The number of aliphatic imine (C=N–C) groups is 1. The number of aromatic nitrogens is 3. The molecule has 3 atom stereocenters. The standard InChI is InChI=1S/C51H56FN7O2S/c1-31-27-43(47-41(36-9-7-6-8-10-36)17-13-38-28-40(60)16-18-42(38)47)44(52)29-45(31)58-25-23-56(24-26-58)30-51(61)19-21-57(22-20-51)39-14-11-37(12-15-39)48-46-32(2)34(4)62-50(46)59-35(5)54-55-49(59)33(3)53-48/h6-12,14-16,18,27-29,33,41,47,60-61H,13,17,19-26,30H2,1-5H3/t33-,41-,47+/m0/s1. The van der Waals surface area contributed by atoms with Crippen molar-refractivity contribution in [3.8, 4) is 10.8 Å². The molecule has 10 rings (SSSR count). The molecule has 4 aromatic carbocycles. The average Bonchev–Trinajstić information content (AvgIpc) is 3.77. The van der Waals surface area contributed by atoms with E-state index in [2.05, 4.69) is 112 Å². The molecule has 2 aromatic heterocycles. The van der Waals surface area contributed by atoms with E-state index in [4.69, 9.17) is 4.99 Å². The van der Waals surface area contributed by atoms with Crippen molar-refractivity contribution in [2.24, 2.45) is 4.99 Å². The lowest BCUT2D eigenvalue weighted by atomic mass is 9.69. The number of benzene rings is 4. The van der Waals surface area contributed by atoms with Gasteiger partial charge < -0.3 is 20.0 Å². The smallest absolute Gasteiger partial charge is 0.162 e. The van der Waals surface area contributed by atoms with Crippen molar-refractivity contribution in [3.05, 3.63) is 152 Å². The van der Waals surface area contributed by atoms with Crippen molar-refractivity contribution in [1.29, 1.82) is 0 Å². The van der Waals surface area contributed by atoms with Crippen molar-refractivity contribution < 1.29 is 14.6 Å². The number of β-amino-alcohol motifs (C(OH)–C–C–N with tert-alkyl or cyclic N) is 1. The molecular formula is C51H56FN7O2S. The van der Waals surface area contributed by atoms with Crippen LogP contribution in [0.1, 0.15) is 105 Å². The lowest BCUT2D eigenvalue weighted by Crippen LogP contribution is -2.55. The van der Waals surface area contributed by atoms with E-state index in [9.17, 15) is 10.2 Å². The number of hydrogen-bond acceptors (Lipinski definition) is 9. The first-order valence-corrected chi connectivity index (χ1v) is 23.1. The van der Waals surface area contributed by atoms with Crippen molar-refractivity contribution in [1.82, 2.24) is 19.7 Å². The summed E-state index contributed by atoms with van der Waals surface area (Å²) in [6.07, 6.45) is 3.15. The van der Waals surface area contributed by atoms with Crippen LogP contribution in [-0.4, -0.2) is 87.0 Å². The van der Waals surface area contributed by atoms with Crippen LogP contribution >= 0.6 is 11.3 Å². The molecule has 2 saturated heterocycles. The molecule has 0 unspecified atom stereocenters. The topological polar surface area (TPSA) is 93.2 Å².